The number of esters is 1. The Morgan fingerprint density at radius 2 is 1.60 bits per heavy atom. The summed E-state index contributed by atoms with van der Waals surface area (Å²) in [7, 11) is 0. The smallest absolute Gasteiger partial charge is 0.330 e. The van der Waals surface area contributed by atoms with Crippen LogP contribution in [0.2, 0.25) is 0 Å². The molecule has 0 fully saturated rings. The van der Waals surface area contributed by atoms with E-state index in [2.05, 4.69) is 29.2 Å². The molecule has 15 heavy (non-hydrogen) atoms. The van der Waals surface area contributed by atoms with Gasteiger partial charge in [-0.2, -0.15) is 0 Å². The highest BCUT2D eigenvalue weighted by Gasteiger charge is 1.95. The summed E-state index contributed by atoms with van der Waals surface area (Å²) in [6.07, 6.45) is 9.96. The molecule has 0 unspecified atom stereocenters. The lowest BCUT2D eigenvalue weighted by Crippen LogP contribution is -2.01. The van der Waals surface area contributed by atoms with Crippen LogP contribution in [0.5, 0.6) is 0 Å². The molecule has 0 radical (unpaired) electrons. The van der Waals surface area contributed by atoms with Crippen molar-refractivity contribution in [3.05, 3.63) is 12.7 Å². The predicted octanol–water partition coefficient (Wildman–Crippen LogP) is 3.88. The van der Waals surface area contributed by atoms with Crippen molar-refractivity contribution < 1.29 is 9.53 Å². The lowest BCUT2D eigenvalue weighted by atomic mass is 10.1. The zero-order valence-corrected chi connectivity index (χ0v) is 11.5. The molecule has 0 aliphatic rings. The third-order valence-electron chi connectivity index (χ3n) is 2.19. The van der Waals surface area contributed by atoms with E-state index < -0.39 is 0 Å². The van der Waals surface area contributed by atoms with E-state index in [1.807, 2.05) is 0 Å². The number of hydrogen-bond donors (Lipinski definition) is 0. The molecule has 0 aromatic carbocycles. The minimum absolute atomic E-state index is 0.308. The summed E-state index contributed by atoms with van der Waals surface area (Å²) in [5.41, 5.74) is 0. The molecule has 0 amide bonds. The first-order valence-corrected chi connectivity index (χ1v) is 7.19. The molecule has 0 N–H and O–H groups in total. The van der Waals surface area contributed by atoms with Gasteiger partial charge in [0.15, 0.2) is 0 Å². The van der Waals surface area contributed by atoms with Crippen LogP contribution in [0.25, 0.3) is 0 Å². The molecule has 2 nitrogen and oxygen atoms in total. The molecule has 88 valence electrons. The first kappa shape index (κ1) is 14.9. The fourth-order valence-electron chi connectivity index (χ4n) is 1.31. The Balaban J connectivity index is 2.98. The predicted molar refractivity (Wildman–Crippen MR) is 72.4 cm³/mol. The maximum Gasteiger partial charge on any atom is 0.330 e. The standard InChI is InChI=1S/C12H21IO2/c1-2-12(14)15-11-9-7-5-3-4-6-8-10-13/h2H,1,3-11H2. The second-order valence-corrected chi connectivity index (χ2v) is 4.61. The Bertz CT molecular complexity index is 169. The van der Waals surface area contributed by atoms with Crippen molar-refractivity contribution in [3.63, 3.8) is 0 Å². The van der Waals surface area contributed by atoms with Gasteiger partial charge in [-0.15, -0.1) is 0 Å². The summed E-state index contributed by atoms with van der Waals surface area (Å²) in [6.45, 7) is 3.88. The average molecular weight is 324 g/mol. The highest BCUT2D eigenvalue weighted by molar-refractivity contribution is 14.1. The number of unbranched alkanes of at least 4 members (excludes halogenated alkanes) is 6. The lowest BCUT2D eigenvalue weighted by molar-refractivity contribution is -0.137. The summed E-state index contributed by atoms with van der Waals surface area (Å²) in [6, 6.07) is 0. The molecule has 0 aromatic heterocycles. The Kier molecular flexibility index (Phi) is 12.0. The molecule has 0 spiro atoms. The van der Waals surface area contributed by atoms with Crippen molar-refractivity contribution in [3.8, 4) is 0 Å². The van der Waals surface area contributed by atoms with E-state index in [0.29, 0.717) is 6.61 Å². The van der Waals surface area contributed by atoms with Crippen LogP contribution in [0.3, 0.4) is 0 Å². The number of rotatable bonds is 10. The van der Waals surface area contributed by atoms with Gasteiger partial charge in [-0.25, -0.2) is 4.79 Å². The fourth-order valence-corrected chi connectivity index (χ4v) is 1.85. The van der Waals surface area contributed by atoms with E-state index in [0.717, 1.165) is 12.8 Å². The normalized spacial score (nSPS) is 9.93. The van der Waals surface area contributed by atoms with Crippen molar-refractivity contribution in [2.75, 3.05) is 11.0 Å². The molecule has 0 aromatic rings. The zero-order chi connectivity index (χ0) is 11.4. The molecule has 0 bridgehead atoms. The third-order valence-corrected chi connectivity index (χ3v) is 2.95. The van der Waals surface area contributed by atoms with Crippen LogP contribution in [0.15, 0.2) is 12.7 Å². The SMILES string of the molecule is C=CC(=O)OCCCCCCCCCI. The van der Waals surface area contributed by atoms with Crippen LogP contribution in [-0.4, -0.2) is 17.0 Å². The van der Waals surface area contributed by atoms with Crippen LogP contribution in [0.1, 0.15) is 44.9 Å². The second kappa shape index (κ2) is 12.0. The molecule has 3 heteroatoms. The molecular formula is C12H21IO2. The van der Waals surface area contributed by atoms with E-state index in [-0.39, 0.29) is 5.97 Å². The fraction of sp³-hybridized carbons (Fsp3) is 0.750. The highest BCUT2D eigenvalue weighted by atomic mass is 127. The second-order valence-electron chi connectivity index (χ2n) is 3.54. The van der Waals surface area contributed by atoms with Gasteiger partial charge < -0.3 is 4.74 Å². The van der Waals surface area contributed by atoms with Gasteiger partial charge in [-0.3, -0.25) is 0 Å². The molecule has 0 aliphatic heterocycles. The van der Waals surface area contributed by atoms with Crippen molar-refractivity contribution in [1.29, 1.82) is 0 Å². The minimum Gasteiger partial charge on any atom is -0.463 e. The first-order valence-electron chi connectivity index (χ1n) is 5.66. The molecule has 0 saturated carbocycles. The maximum absolute atomic E-state index is 10.7. The maximum atomic E-state index is 10.7. The van der Waals surface area contributed by atoms with Crippen molar-refractivity contribution in [1.82, 2.24) is 0 Å². The Morgan fingerprint density at radius 1 is 1.07 bits per heavy atom. The van der Waals surface area contributed by atoms with Crippen molar-refractivity contribution in [2.45, 2.75) is 44.9 Å². The molecule has 0 saturated heterocycles. The minimum atomic E-state index is -0.308. The van der Waals surface area contributed by atoms with E-state index >= 15 is 0 Å². The van der Waals surface area contributed by atoms with Gasteiger partial charge in [-0.05, 0) is 17.3 Å². The van der Waals surface area contributed by atoms with Crippen molar-refractivity contribution >= 4 is 28.6 Å². The highest BCUT2D eigenvalue weighted by Crippen LogP contribution is 2.08. The topological polar surface area (TPSA) is 26.3 Å². The van der Waals surface area contributed by atoms with Gasteiger partial charge >= 0.3 is 5.97 Å². The Hall–Kier alpha value is -0.0600. The largest absolute Gasteiger partial charge is 0.463 e. The zero-order valence-electron chi connectivity index (χ0n) is 9.34. The lowest BCUT2D eigenvalue weighted by Gasteiger charge is -2.02. The van der Waals surface area contributed by atoms with Gasteiger partial charge in [-0.1, -0.05) is 61.3 Å². The van der Waals surface area contributed by atoms with E-state index in [1.165, 1.54) is 42.6 Å². The number of carbonyl (C=O) groups excluding carboxylic acids is 1. The van der Waals surface area contributed by atoms with Gasteiger partial charge in [0.05, 0.1) is 6.61 Å². The number of ether oxygens (including phenoxy) is 1. The summed E-state index contributed by atoms with van der Waals surface area (Å²) in [5.74, 6) is -0.308. The van der Waals surface area contributed by atoms with Crippen LogP contribution in [0, 0.1) is 0 Å². The number of alkyl halides is 1. The monoisotopic (exact) mass is 324 g/mol. The van der Waals surface area contributed by atoms with Crippen LogP contribution < -0.4 is 0 Å². The van der Waals surface area contributed by atoms with Crippen LogP contribution in [-0.2, 0) is 9.53 Å². The van der Waals surface area contributed by atoms with Crippen molar-refractivity contribution in [2.24, 2.45) is 0 Å². The first-order chi connectivity index (χ1) is 7.31. The number of halogens is 1. The third kappa shape index (κ3) is 11.9. The molecule has 0 atom stereocenters. The summed E-state index contributed by atoms with van der Waals surface area (Å²) >= 11 is 2.42. The molecule has 0 heterocycles. The Labute approximate surface area is 107 Å². The average Bonchev–Trinajstić information content (AvgIpc) is 2.26. The Morgan fingerprint density at radius 3 is 2.13 bits per heavy atom. The molecule has 0 aliphatic carbocycles. The summed E-state index contributed by atoms with van der Waals surface area (Å²) in [5, 5.41) is 0. The van der Waals surface area contributed by atoms with E-state index in [4.69, 9.17) is 4.74 Å². The van der Waals surface area contributed by atoms with Gasteiger partial charge in [0, 0.05) is 6.08 Å². The molecule has 0 rings (SSSR count). The summed E-state index contributed by atoms with van der Waals surface area (Å²) < 4.78 is 6.15. The van der Waals surface area contributed by atoms with Gasteiger partial charge in [0.25, 0.3) is 0 Å². The quantitative estimate of drug-likeness (QED) is 0.200. The number of hydrogen-bond acceptors (Lipinski definition) is 2. The molecular weight excluding hydrogens is 303 g/mol. The number of carbonyl (C=O) groups is 1. The van der Waals surface area contributed by atoms with Gasteiger partial charge in [0.1, 0.15) is 0 Å². The van der Waals surface area contributed by atoms with E-state index in [9.17, 15) is 4.79 Å². The van der Waals surface area contributed by atoms with Gasteiger partial charge in [0.2, 0.25) is 0 Å². The summed E-state index contributed by atoms with van der Waals surface area (Å²) in [4.78, 5) is 10.7. The van der Waals surface area contributed by atoms with Crippen LogP contribution >= 0.6 is 22.6 Å². The van der Waals surface area contributed by atoms with E-state index in [1.54, 1.807) is 0 Å². The van der Waals surface area contributed by atoms with Crippen LogP contribution in [0.4, 0.5) is 0 Å².